The van der Waals surface area contributed by atoms with Crippen LogP contribution in [-0.4, -0.2) is 27.0 Å². The minimum atomic E-state index is 0.0466. The van der Waals surface area contributed by atoms with Crippen molar-refractivity contribution in [2.45, 2.75) is 46.2 Å². The van der Waals surface area contributed by atoms with E-state index in [0.717, 1.165) is 35.7 Å². The van der Waals surface area contributed by atoms with Gasteiger partial charge in [0.15, 0.2) is 0 Å². The van der Waals surface area contributed by atoms with Crippen LogP contribution in [0.4, 0.5) is 0 Å². The van der Waals surface area contributed by atoms with Crippen LogP contribution in [-0.2, 0) is 6.54 Å². The van der Waals surface area contributed by atoms with Gasteiger partial charge < -0.3 is 9.32 Å². The average Bonchev–Trinajstić information content (AvgIpc) is 3.08. The monoisotopic (exact) mass is 273 g/mol. The van der Waals surface area contributed by atoms with Crippen molar-refractivity contribution in [3.63, 3.8) is 0 Å². The third kappa shape index (κ3) is 2.35. The summed E-state index contributed by atoms with van der Waals surface area (Å²) in [5.41, 5.74) is 2.28. The second kappa shape index (κ2) is 4.81. The zero-order valence-electron chi connectivity index (χ0n) is 12.1. The molecule has 2 aromatic rings. The summed E-state index contributed by atoms with van der Waals surface area (Å²) in [5, 5.41) is 6.99. The number of rotatable bonds is 4. The normalized spacial score (nSPS) is 14.6. The minimum Gasteiger partial charge on any atom is -0.464 e. The Morgan fingerprint density at radius 1 is 1.40 bits per heavy atom. The third-order valence-corrected chi connectivity index (χ3v) is 3.71. The van der Waals surface area contributed by atoms with Crippen LogP contribution in [0.1, 0.15) is 46.1 Å². The highest BCUT2D eigenvalue weighted by atomic mass is 16.3. The summed E-state index contributed by atoms with van der Waals surface area (Å²) in [6.07, 6.45) is 2.14. The quantitative estimate of drug-likeness (QED) is 0.931. The average molecular weight is 273 g/mol. The van der Waals surface area contributed by atoms with Gasteiger partial charge >= 0.3 is 0 Å². The van der Waals surface area contributed by atoms with Gasteiger partial charge in [0.05, 0.1) is 17.8 Å². The zero-order chi connectivity index (χ0) is 14.3. The molecule has 3 rings (SSSR count). The molecule has 1 N–H and O–H groups in total. The molecule has 0 saturated heterocycles. The van der Waals surface area contributed by atoms with E-state index in [1.807, 2.05) is 37.8 Å². The Kier molecular flexibility index (Phi) is 3.12. The molecule has 1 saturated carbocycles. The first kappa shape index (κ1) is 13.0. The molecule has 0 bridgehead atoms. The lowest BCUT2D eigenvalue weighted by molar-refractivity contribution is 0.0715. The maximum atomic E-state index is 12.8. The summed E-state index contributed by atoms with van der Waals surface area (Å²) in [7, 11) is 0. The van der Waals surface area contributed by atoms with Crippen molar-refractivity contribution in [2.75, 3.05) is 0 Å². The van der Waals surface area contributed by atoms with Crippen LogP contribution in [0.2, 0.25) is 0 Å². The zero-order valence-corrected chi connectivity index (χ0v) is 12.1. The lowest BCUT2D eigenvalue weighted by atomic mass is 10.1. The van der Waals surface area contributed by atoms with Crippen LogP contribution >= 0.6 is 0 Å². The van der Waals surface area contributed by atoms with Gasteiger partial charge in [0.2, 0.25) is 0 Å². The van der Waals surface area contributed by atoms with Gasteiger partial charge in [-0.05, 0) is 45.7 Å². The number of H-pyrrole nitrogens is 1. The number of hydrogen-bond acceptors (Lipinski definition) is 3. The van der Waals surface area contributed by atoms with Gasteiger partial charge in [-0.3, -0.25) is 9.89 Å². The molecule has 2 aromatic heterocycles. The molecular weight excluding hydrogens is 254 g/mol. The van der Waals surface area contributed by atoms with Crippen molar-refractivity contribution >= 4 is 5.91 Å². The fourth-order valence-corrected chi connectivity index (χ4v) is 2.50. The van der Waals surface area contributed by atoms with Crippen LogP contribution in [0.3, 0.4) is 0 Å². The topological polar surface area (TPSA) is 62.1 Å². The molecule has 20 heavy (non-hydrogen) atoms. The fraction of sp³-hybridized carbons (Fsp3) is 0.467. The Hall–Kier alpha value is -2.04. The van der Waals surface area contributed by atoms with E-state index < -0.39 is 0 Å². The molecule has 1 fully saturated rings. The highest BCUT2D eigenvalue weighted by molar-refractivity contribution is 5.96. The lowest BCUT2D eigenvalue weighted by Gasteiger charge is -2.21. The third-order valence-electron chi connectivity index (χ3n) is 3.71. The van der Waals surface area contributed by atoms with E-state index in [9.17, 15) is 4.79 Å². The van der Waals surface area contributed by atoms with Gasteiger partial charge in [0.25, 0.3) is 5.91 Å². The Morgan fingerprint density at radius 2 is 2.15 bits per heavy atom. The summed E-state index contributed by atoms with van der Waals surface area (Å²) in [6.45, 7) is 6.19. The summed E-state index contributed by atoms with van der Waals surface area (Å²) in [4.78, 5) is 14.7. The molecule has 2 heterocycles. The van der Waals surface area contributed by atoms with E-state index in [0.29, 0.717) is 18.2 Å². The Morgan fingerprint density at radius 3 is 2.65 bits per heavy atom. The summed E-state index contributed by atoms with van der Waals surface area (Å²) in [6, 6.07) is 4.20. The van der Waals surface area contributed by atoms with Crippen LogP contribution in [0.15, 0.2) is 16.5 Å². The summed E-state index contributed by atoms with van der Waals surface area (Å²) < 4.78 is 5.60. The Bertz CT molecular complexity index is 618. The van der Waals surface area contributed by atoms with Gasteiger partial charge in [-0.15, -0.1) is 0 Å². The van der Waals surface area contributed by atoms with Crippen molar-refractivity contribution in [1.82, 2.24) is 15.1 Å². The van der Waals surface area contributed by atoms with Crippen LogP contribution in [0.25, 0.3) is 0 Å². The van der Waals surface area contributed by atoms with Crippen molar-refractivity contribution < 1.29 is 9.21 Å². The highest BCUT2D eigenvalue weighted by Gasteiger charge is 2.35. The number of furan rings is 1. The number of aromatic amines is 1. The maximum absolute atomic E-state index is 12.8. The number of carbonyl (C=O) groups is 1. The first-order valence-electron chi connectivity index (χ1n) is 6.94. The molecule has 106 valence electrons. The van der Waals surface area contributed by atoms with Gasteiger partial charge in [-0.25, -0.2) is 0 Å². The maximum Gasteiger partial charge on any atom is 0.258 e. The lowest BCUT2D eigenvalue weighted by Crippen LogP contribution is -2.33. The van der Waals surface area contributed by atoms with E-state index in [2.05, 4.69) is 10.2 Å². The van der Waals surface area contributed by atoms with Gasteiger partial charge in [0.1, 0.15) is 11.5 Å². The van der Waals surface area contributed by atoms with Gasteiger partial charge in [0, 0.05) is 11.7 Å². The number of aryl methyl sites for hydroxylation is 3. The second-order valence-electron chi connectivity index (χ2n) is 5.49. The smallest absolute Gasteiger partial charge is 0.258 e. The first-order chi connectivity index (χ1) is 9.56. The largest absolute Gasteiger partial charge is 0.464 e. The highest BCUT2D eigenvalue weighted by Crippen LogP contribution is 2.31. The number of aromatic nitrogens is 2. The molecule has 0 unspecified atom stereocenters. The van der Waals surface area contributed by atoms with Crippen molar-refractivity contribution in [3.8, 4) is 0 Å². The van der Waals surface area contributed by atoms with E-state index in [1.54, 1.807) is 0 Å². The number of carbonyl (C=O) groups excluding carboxylic acids is 1. The standard InChI is InChI=1S/C15H19N3O2/c1-9-4-7-13(20-9)8-18(12-5-6-12)15(19)14-10(2)16-17-11(14)3/h4,7,12H,5-6,8H2,1-3H3,(H,16,17). The predicted molar refractivity (Wildman–Crippen MR) is 74.4 cm³/mol. The molecule has 5 nitrogen and oxygen atoms in total. The number of nitrogens with zero attached hydrogens (tertiary/aromatic N) is 2. The van der Waals surface area contributed by atoms with Crippen LogP contribution in [0, 0.1) is 20.8 Å². The van der Waals surface area contributed by atoms with Gasteiger partial charge in [-0.2, -0.15) is 5.10 Å². The Balaban J connectivity index is 1.85. The van der Waals surface area contributed by atoms with E-state index in [1.165, 1.54) is 0 Å². The molecule has 0 aliphatic heterocycles. The van der Waals surface area contributed by atoms with Crippen LogP contribution < -0.4 is 0 Å². The molecule has 1 aliphatic carbocycles. The summed E-state index contributed by atoms with van der Waals surface area (Å²) in [5.74, 6) is 1.76. The SMILES string of the molecule is Cc1ccc(CN(C(=O)c2c(C)n[nH]c2C)C2CC2)o1. The molecule has 0 radical (unpaired) electrons. The fourth-order valence-electron chi connectivity index (χ4n) is 2.50. The predicted octanol–water partition coefficient (Wildman–Crippen LogP) is 2.73. The molecule has 5 heteroatoms. The molecule has 0 spiro atoms. The summed E-state index contributed by atoms with van der Waals surface area (Å²) >= 11 is 0. The first-order valence-corrected chi connectivity index (χ1v) is 6.94. The molecule has 0 atom stereocenters. The minimum absolute atomic E-state index is 0.0466. The van der Waals surface area contributed by atoms with E-state index in [-0.39, 0.29) is 5.91 Å². The van der Waals surface area contributed by atoms with E-state index in [4.69, 9.17) is 4.42 Å². The van der Waals surface area contributed by atoms with Crippen molar-refractivity contribution in [3.05, 3.63) is 40.6 Å². The van der Waals surface area contributed by atoms with Crippen LogP contribution in [0.5, 0.6) is 0 Å². The second-order valence-corrected chi connectivity index (χ2v) is 5.49. The molecular formula is C15H19N3O2. The molecule has 0 aromatic carbocycles. The number of amides is 1. The van der Waals surface area contributed by atoms with Gasteiger partial charge in [-0.1, -0.05) is 0 Å². The number of nitrogens with one attached hydrogen (secondary N) is 1. The van der Waals surface area contributed by atoms with Crippen molar-refractivity contribution in [2.24, 2.45) is 0 Å². The molecule has 1 amide bonds. The Labute approximate surface area is 118 Å². The van der Waals surface area contributed by atoms with E-state index >= 15 is 0 Å². The van der Waals surface area contributed by atoms with Crippen molar-refractivity contribution in [1.29, 1.82) is 0 Å². The number of hydrogen-bond donors (Lipinski definition) is 1. The molecule has 1 aliphatic rings.